The smallest absolute Gasteiger partial charge is 0.176 e. The van der Waals surface area contributed by atoms with Crippen molar-refractivity contribution in [2.24, 2.45) is 4.99 Å². The summed E-state index contributed by atoms with van der Waals surface area (Å²) in [6, 6.07) is 2.37. The first-order valence-electron chi connectivity index (χ1n) is 3.65. The Hall–Kier alpha value is -1.45. The molecule has 70 valence electrons. The lowest BCUT2D eigenvalue weighted by atomic mass is 10.2. The third-order valence-electron chi connectivity index (χ3n) is 1.57. The maximum absolute atomic E-state index is 13.3. The quantitative estimate of drug-likeness (QED) is 0.646. The molecule has 2 nitrogen and oxygen atoms in total. The molecule has 0 amide bonds. The normalized spacial score (nSPS) is 10.8. The highest BCUT2D eigenvalue weighted by molar-refractivity contribution is 5.81. The zero-order valence-electron chi connectivity index (χ0n) is 7.34. The van der Waals surface area contributed by atoms with Crippen LogP contribution in [0, 0.1) is 11.6 Å². The van der Waals surface area contributed by atoms with E-state index in [0.29, 0.717) is 0 Å². The zero-order chi connectivity index (χ0) is 9.84. The van der Waals surface area contributed by atoms with Crippen LogP contribution in [0.15, 0.2) is 17.1 Å². The Kier molecular flexibility index (Phi) is 2.95. The van der Waals surface area contributed by atoms with Crippen LogP contribution in [-0.2, 0) is 0 Å². The minimum Gasteiger partial charge on any atom is -0.494 e. The Bertz CT molecular complexity index is 337. The highest BCUT2D eigenvalue weighted by Gasteiger charge is 2.11. The van der Waals surface area contributed by atoms with E-state index in [-0.39, 0.29) is 11.3 Å². The number of ether oxygens (including phenoxy) is 1. The third kappa shape index (κ3) is 1.83. The van der Waals surface area contributed by atoms with Gasteiger partial charge in [-0.05, 0) is 12.1 Å². The Morgan fingerprint density at radius 2 is 2.08 bits per heavy atom. The summed E-state index contributed by atoms with van der Waals surface area (Å²) in [7, 11) is 2.77. The first-order chi connectivity index (χ1) is 6.20. The molecule has 0 N–H and O–H groups in total. The summed E-state index contributed by atoms with van der Waals surface area (Å²) in [6.07, 6.45) is 1.12. The van der Waals surface area contributed by atoms with Crippen LogP contribution in [0.25, 0.3) is 0 Å². The van der Waals surface area contributed by atoms with Crippen LogP contribution >= 0.6 is 0 Å². The zero-order valence-corrected chi connectivity index (χ0v) is 7.34. The second kappa shape index (κ2) is 3.98. The van der Waals surface area contributed by atoms with Crippen LogP contribution in [-0.4, -0.2) is 20.4 Å². The summed E-state index contributed by atoms with van der Waals surface area (Å²) in [6.45, 7) is 0. The first-order valence-corrected chi connectivity index (χ1v) is 3.65. The number of halogens is 2. The molecule has 0 aliphatic heterocycles. The predicted molar refractivity (Wildman–Crippen MR) is 46.4 cm³/mol. The van der Waals surface area contributed by atoms with Crippen molar-refractivity contribution in [3.63, 3.8) is 0 Å². The van der Waals surface area contributed by atoms with Gasteiger partial charge in [-0.15, -0.1) is 0 Å². The highest BCUT2D eigenvalue weighted by atomic mass is 19.1. The van der Waals surface area contributed by atoms with Crippen LogP contribution in [0.2, 0.25) is 0 Å². The van der Waals surface area contributed by atoms with Crippen molar-refractivity contribution in [1.82, 2.24) is 0 Å². The summed E-state index contributed by atoms with van der Waals surface area (Å²) in [5, 5.41) is 0. The van der Waals surface area contributed by atoms with Gasteiger partial charge in [0.2, 0.25) is 0 Å². The van der Waals surface area contributed by atoms with Gasteiger partial charge in [0.15, 0.2) is 11.6 Å². The average molecular weight is 185 g/mol. The maximum Gasteiger partial charge on any atom is 0.176 e. The fourth-order valence-electron chi connectivity index (χ4n) is 0.954. The lowest BCUT2D eigenvalue weighted by Gasteiger charge is -2.04. The monoisotopic (exact) mass is 185 g/mol. The number of benzene rings is 1. The molecule has 0 saturated heterocycles. The van der Waals surface area contributed by atoms with Crippen LogP contribution in [0.3, 0.4) is 0 Å². The lowest BCUT2D eigenvalue weighted by molar-refractivity contribution is 0.383. The topological polar surface area (TPSA) is 21.6 Å². The van der Waals surface area contributed by atoms with E-state index in [4.69, 9.17) is 0 Å². The van der Waals surface area contributed by atoms with E-state index in [2.05, 4.69) is 9.73 Å². The molecule has 4 heteroatoms. The van der Waals surface area contributed by atoms with E-state index in [9.17, 15) is 8.78 Å². The second-order valence-corrected chi connectivity index (χ2v) is 2.36. The van der Waals surface area contributed by atoms with Gasteiger partial charge in [-0.25, -0.2) is 8.78 Å². The number of rotatable bonds is 2. The number of nitrogens with zero attached hydrogens (tertiary/aromatic N) is 1. The van der Waals surface area contributed by atoms with Gasteiger partial charge in [0, 0.05) is 13.3 Å². The van der Waals surface area contributed by atoms with Crippen LogP contribution in [0.1, 0.15) is 5.56 Å². The molecule has 0 bridgehead atoms. The molecule has 0 saturated carbocycles. The van der Waals surface area contributed by atoms with E-state index in [1.165, 1.54) is 20.2 Å². The molecule has 0 radical (unpaired) electrons. The fraction of sp³-hybridized carbons (Fsp3) is 0.222. The summed E-state index contributed by atoms with van der Waals surface area (Å²) >= 11 is 0. The van der Waals surface area contributed by atoms with Crippen LogP contribution < -0.4 is 4.74 Å². The van der Waals surface area contributed by atoms with Gasteiger partial charge in [-0.3, -0.25) is 4.99 Å². The summed E-state index contributed by atoms with van der Waals surface area (Å²) in [5.41, 5.74) is -0.179. The second-order valence-electron chi connectivity index (χ2n) is 2.36. The molecule has 0 aromatic heterocycles. The van der Waals surface area contributed by atoms with Crippen molar-refractivity contribution < 1.29 is 13.5 Å². The first kappa shape index (κ1) is 9.64. The Labute approximate surface area is 74.9 Å². The summed E-state index contributed by atoms with van der Waals surface area (Å²) in [5.74, 6) is -1.37. The van der Waals surface area contributed by atoms with E-state index in [1.807, 2.05) is 0 Å². The van der Waals surface area contributed by atoms with Crippen LogP contribution in [0.5, 0.6) is 5.75 Å². The number of hydrogen-bond donors (Lipinski definition) is 0. The fourth-order valence-corrected chi connectivity index (χ4v) is 0.954. The largest absolute Gasteiger partial charge is 0.494 e. The molecule has 0 unspecified atom stereocenters. The van der Waals surface area contributed by atoms with Gasteiger partial charge >= 0.3 is 0 Å². The average Bonchev–Trinajstić information content (AvgIpc) is 2.12. The predicted octanol–water partition coefficient (Wildman–Crippen LogP) is 2.02. The van der Waals surface area contributed by atoms with Gasteiger partial charge < -0.3 is 4.74 Å². The van der Waals surface area contributed by atoms with Gasteiger partial charge in [0.05, 0.1) is 12.7 Å². The third-order valence-corrected chi connectivity index (χ3v) is 1.57. The Balaban J connectivity index is 3.29. The molecule has 0 heterocycles. The van der Waals surface area contributed by atoms with Crippen molar-refractivity contribution in [2.45, 2.75) is 0 Å². The van der Waals surface area contributed by atoms with Crippen molar-refractivity contribution in [1.29, 1.82) is 0 Å². The van der Waals surface area contributed by atoms with Gasteiger partial charge in [-0.1, -0.05) is 0 Å². The molecular weight excluding hydrogens is 176 g/mol. The maximum atomic E-state index is 13.3. The number of aliphatic imine (C=N–C) groups is 1. The molecule has 1 aromatic carbocycles. The van der Waals surface area contributed by atoms with Crippen molar-refractivity contribution in [3.05, 3.63) is 29.3 Å². The molecular formula is C9H9F2NO. The minimum atomic E-state index is -0.729. The lowest BCUT2D eigenvalue weighted by Crippen LogP contribution is -1.97. The van der Waals surface area contributed by atoms with Gasteiger partial charge in [-0.2, -0.15) is 0 Å². The van der Waals surface area contributed by atoms with E-state index in [0.717, 1.165) is 12.3 Å². The summed E-state index contributed by atoms with van der Waals surface area (Å²) in [4.78, 5) is 3.54. The van der Waals surface area contributed by atoms with Crippen molar-refractivity contribution >= 4 is 6.21 Å². The van der Waals surface area contributed by atoms with E-state index < -0.39 is 11.6 Å². The Morgan fingerprint density at radius 3 is 2.62 bits per heavy atom. The SMILES string of the molecule is C/N=C/c1c(F)ccc(OC)c1F. The van der Waals surface area contributed by atoms with E-state index >= 15 is 0 Å². The van der Waals surface area contributed by atoms with Gasteiger partial charge in [0.1, 0.15) is 5.82 Å². The van der Waals surface area contributed by atoms with E-state index in [1.54, 1.807) is 0 Å². The molecule has 0 atom stereocenters. The standard InChI is InChI=1S/C9H9F2NO/c1-12-5-6-7(10)3-4-8(13-2)9(6)11/h3-5H,1-2H3/b12-5+. The minimum absolute atomic E-state index is 0.0105. The molecule has 13 heavy (non-hydrogen) atoms. The highest BCUT2D eigenvalue weighted by Crippen LogP contribution is 2.21. The van der Waals surface area contributed by atoms with Crippen molar-refractivity contribution in [3.8, 4) is 5.75 Å². The Morgan fingerprint density at radius 1 is 1.38 bits per heavy atom. The molecule has 0 spiro atoms. The molecule has 1 rings (SSSR count). The molecule has 0 fully saturated rings. The van der Waals surface area contributed by atoms with Gasteiger partial charge in [0.25, 0.3) is 0 Å². The molecule has 0 aliphatic rings. The molecule has 0 aliphatic carbocycles. The van der Waals surface area contributed by atoms with Crippen LogP contribution in [0.4, 0.5) is 8.78 Å². The number of methoxy groups -OCH3 is 1. The molecule has 1 aromatic rings. The number of hydrogen-bond acceptors (Lipinski definition) is 2. The van der Waals surface area contributed by atoms with Crippen molar-refractivity contribution in [2.75, 3.05) is 14.2 Å². The summed E-state index contributed by atoms with van der Waals surface area (Å²) < 4.78 is 30.9.